The Bertz CT molecular complexity index is 1360. The number of nitrogens with zero attached hydrogens (tertiary/aromatic N) is 4. The number of halogens is 1. The molecular weight excluding hydrogens is 474 g/mol. The van der Waals surface area contributed by atoms with Gasteiger partial charge in [-0.3, -0.25) is 4.79 Å². The van der Waals surface area contributed by atoms with E-state index in [9.17, 15) is 9.59 Å². The van der Waals surface area contributed by atoms with E-state index in [0.29, 0.717) is 22.0 Å². The fourth-order valence-electron chi connectivity index (χ4n) is 3.33. The number of carbonyl (C=O) groups is 2. The smallest absolute Gasteiger partial charge is 0.338 e. The molecule has 2 aromatic carbocycles. The average molecular weight is 496 g/mol. The minimum absolute atomic E-state index is 0.0762. The normalized spacial score (nSPS) is 10.7. The van der Waals surface area contributed by atoms with Crippen molar-refractivity contribution in [2.45, 2.75) is 26.9 Å². The monoisotopic (exact) mass is 495 g/mol. The molecule has 180 valence electrons. The summed E-state index contributed by atoms with van der Waals surface area (Å²) >= 11 is 6.20. The van der Waals surface area contributed by atoms with E-state index in [1.165, 1.54) is 7.11 Å². The van der Waals surface area contributed by atoms with E-state index < -0.39 is 5.97 Å². The Balaban J connectivity index is 1.31. The second-order valence-corrected chi connectivity index (χ2v) is 7.93. The fraction of sp³-hybridized carbons (Fsp3) is 0.208. The van der Waals surface area contributed by atoms with Crippen LogP contribution in [0.3, 0.4) is 0 Å². The first kappa shape index (κ1) is 24.0. The number of aryl methyl sites for hydroxylation is 1. The van der Waals surface area contributed by atoms with E-state index in [-0.39, 0.29) is 30.7 Å². The summed E-state index contributed by atoms with van der Waals surface area (Å²) in [5.41, 5.74) is 3.18. The third-order valence-electron chi connectivity index (χ3n) is 5.09. The number of hydrogen-bond acceptors (Lipinski definition) is 8. The van der Waals surface area contributed by atoms with Crippen LogP contribution in [0.15, 0.2) is 53.1 Å². The summed E-state index contributed by atoms with van der Waals surface area (Å²) in [5.74, 6) is -0.128. The molecule has 0 bridgehead atoms. The maximum Gasteiger partial charge on any atom is 0.338 e. The van der Waals surface area contributed by atoms with Crippen LogP contribution in [0.25, 0.3) is 5.69 Å². The van der Waals surface area contributed by atoms with E-state index in [1.54, 1.807) is 53.2 Å². The molecule has 0 saturated carbocycles. The van der Waals surface area contributed by atoms with Crippen LogP contribution >= 0.6 is 11.6 Å². The van der Waals surface area contributed by atoms with Crippen LogP contribution in [0.4, 0.5) is 5.69 Å². The van der Waals surface area contributed by atoms with E-state index in [0.717, 1.165) is 17.1 Å². The first-order chi connectivity index (χ1) is 16.9. The lowest BCUT2D eigenvalue weighted by Crippen LogP contribution is -2.15. The molecule has 1 amide bonds. The predicted octanol–water partition coefficient (Wildman–Crippen LogP) is 4.07. The van der Waals surface area contributed by atoms with E-state index in [1.807, 2.05) is 13.8 Å². The number of anilines is 1. The Morgan fingerprint density at radius 2 is 1.86 bits per heavy atom. The highest BCUT2D eigenvalue weighted by Crippen LogP contribution is 2.24. The van der Waals surface area contributed by atoms with E-state index in [4.69, 9.17) is 25.6 Å². The maximum absolute atomic E-state index is 12.4. The molecule has 0 atom stereocenters. The molecule has 0 unspecified atom stereocenters. The van der Waals surface area contributed by atoms with Crippen molar-refractivity contribution in [1.29, 1.82) is 0 Å². The minimum atomic E-state index is -0.559. The summed E-state index contributed by atoms with van der Waals surface area (Å²) in [7, 11) is 1.52. The SMILES string of the molecule is COc1ccccc1NC(=O)Cc1noc(COC(=O)c2ccc(-n3nc(C)c(Cl)c3C)cc2)n1. The summed E-state index contributed by atoms with van der Waals surface area (Å²) in [5, 5.41) is 11.5. The van der Waals surface area contributed by atoms with Crippen LogP contribution in [0.5, 0.6) is 5.75 Å². The molecule has 11 heteroatoms. The van der Waals surface area contributed by atoms with Crippen molar-refractivity contribution in [3.8, 4) is 11.4 Å². The van der Waals surface area contributed by atoms with E-state index in [2.05, 4.69) is 20.6 Å². The number of esters is 1. The lowest BCUT2D eigenvalue weighted by molar-refractivity contribution is -0.115. The number of hydrogen-bond donors (Lipinski definition) is 1. The number of aromatic nitrogens is 4. The van der Waals surface area contributed by atoms with Crippen LogP contribution in [0.2, 0.25) is 5.02 Å². The zero-order chi connectivity index (χ0) is 24.9. The second-order valence-electron chi connectivity index (χ2n) is 7.55. The topological polar surface area (TPSA) is 121 Å². The van der Waals surface area contributed by atoms with Crippen molar-refractivity contribution in [3.63, 3.8) is 0 Å². The first-order valence-electron chi connectivity index (χ1n) is 10.6. The van der Waals surface area contributed by atoms with Crippen LogP contribution in [0, 0.1) is 13.8 Å². The van der Waals surface area contributed by atoms with Crippen molar-refractivity contribution in [2.75, 3.05) is 12.4 Å². The molecular formula is C24H22ClN5O5. The highest BCUT2D eigenvalue weighted by atomic mass is 35.5. The largest absolute Gasteiger partial charge is 0.495 e. The van der Waals surface area contributed by atoms with Crippen molar-refractivity contribution in [1.82, 2.24) is 19.9 Å². The Morgan fingerprint density at radius 1 is 1.11 bits per heavy atom. The molecule has 0 aliphatic rings. The van der Waals surface area contributed by atoms with Gasteiger partial charge >= 0.3 is 5.97 Å². The molecule has 0 saturated heterocycles. The zero-order valence-electron chi connectivity index (χ0n) is 19.2. The van der Waals surface area contributed by atoms with Crippen LogP contribution < -0.4 is 10.1 Å². The van der Waals surface area contributed by atoms with Gasteiger partial charge in [-0.05, 0) is 50.2 Å². The highest BCUT2D eigenvalue weighted by molar-refractivity contribution is 6.31. The number of nitrogens with one attached hydrogen (secondary N) is 1. The van der Waals surface area contributed by atoms with Crippen molar-refractivity contribution in [2.24, 2.45) is 0 Å². The van der Waals surface area contributed by atoms with Gasteiger partial charge in [-0.15, -0.1) is 0 Å². The van der Waals surface area contributed by atoms with Gasteiger partial charge in [0.2, 0.25) is 5.91 Å². The average Bonchev–Trinajstić information content (AvgIpc) is 3.42. The molecule has 0 radical (unpaired) electrons. The number of carbonyl (C=O) groups excluding carboxylic acids is 2. The van der Waals surface area contributed by atoms with Gasteiger partial charge in [0.1, 0.15) is 5.75 Å². The molecule has 0 spiro atoms. The highest BCUT2D eigenvalue weighted by Gasteiger charge is 2.16. The van der Waals surface area contributed by atoms with Gasteiger partial charge in [0, 0.05) is 0 Å². The van der Waals surface area contributed by atoms with Crippen molar-refractivity contribution >= 4 is 29.2 Å². The number of methoxy groups -OCH3 is 1. The third kappa shape index (κ3) is 5.49. The number of rotatable bonds is 8. The second kappa shape index (κ2) is 10.4. The quantitative estimate of drug-likeness (QED) is 0.363. The van der Waals surface area contributed by atoms with Gasteiger partial charge in [0.05, 0.1) is 46.9 Å². The molecule has 0 aliphatic carbocycles. The molecule has 4 aromatic rings. The predicted molar refractivity (Wildman–Crippen MR) is 127 cm³/mol. The summed E-state index contributed by atoms with van der Waals surface area (Å²) < 4.78 is 17.3. The Labute approximate surface area is 205 Å². The Hall–Kier alpha value is -4.18. The van der Waals surface area contributed by atoms with Gasteiger partial charge in [-0.2, -0.15) is 10.1 Å². The van der Waals surface area contributed by atoms with Gasteiger partial charge in [0.25, 0.3) is 5.89 Å². The molecule has 4 rings (SSSR count). The summed E-state index contributed by atoms with van der Waals surface area (Å²) in [4.78, 5) is 28.8. The number of amides is 1. The zero-order valence-corrected chi connectivity index (χ0v) is 20.0. The lowest BCUT2D eigenvalue weighted by Gasteiger charge is -2.08. The van der Waals surface area contributed by atoms with Gasteiger partial charge in [0.15, 0.2) is 12.4 Å². The van der Waals surface area contributed by atoms with Crippen molar-refractivity contribution in [3.05, 3.63) is 82.2 Å². The fourth-order valence-corrected chi connectivity index (χ4v) is 3.45. The number of benzene rings is 2. The van der Waals surface area contributed by atoms with Gasteiger partial charge < -0.3 is 19.3 Å². The minimum Gasteiger partial charge on any atom is -0.495 e. The number of ether oxygens (including phenoxy) is 2. The molecule has 35 heavy (non-hydrogen) atoms. The number of para-hydroxylation sites is 2. The Morgan fingerprint density at radius 3 is 2.54 bits per heavy atom. The molecule has 2 heterocycles. The maximum atomic E-state index is 12.4. The molecule has 1 N–H and O–H groups in total. The first-order valence-corrected chi connectivity index (χ1v) is 11.0. The van der Waals surface area contributed by atoms with E-state index >= 15 is 0 Å². The summed E-state index contributed by atoms with van der Waals surface area (Å²) in [6, 6.07) is 13.8. The molecule has 2 aromatic heterocycles. The van der Waals surface area contributed by atoms with Crippen LogP contribution in [-0.2, 0) is 22.6 Å². The lowest BCUT2D eigenvalue weighted by atomic mass is 10.2. The Kier molecular flexibility index (Phi) is 7.11. The summed E-state index contributed by atoms with van der Waals surface area (Å²) in [6.07, 6.45) is -0.118. The van der Waals surface area contributed by atoms with Gasteiger partial charge in [-0.25, -0.2) is 9.48 Å². The standard InChI is InChI=1S/C24H22ClN5O5/c1-14-23(25)15(2)30(28-14)17-10-8-16(9-11-17)24(32)34-13-22-27-20(29-35-22)12-21(31)26-18-6-4-5-7-19(18)33-3/h4-11H,12-13H2,1-3H3,(H,26,31). The molecule has 0 aliphatic heterocycles. The molecule has 0 fully saturated rings. The summed E-state index contributed by atoms with van der Waals surface area (Å²) in [6.45, 7) is 3.47. The molecule has 10 nitrogen and oxygen atoms in total. The van der Waals surface area contributed by atoms with Gasteiger partial charge in [-0.1, -0.05) is 28.9 Å². The van der Waals surface area contributed by atoms with Crippen molar-refractivity contribution < 1.29 is 23.6 Å². The van der Waals surface area contributed by atoms with Crippen LogP contribution in [-0.4, -0.2) is 38.9 Å². The van der Waals surface area contributed by atoms with Crippen LogP contribution in [0.1, 0.15) is 33.5 Å². The third-order valence-corrected chi connectivity index (χ3v) is 5.63.